The third-order valence-electron chi connectivity index (χ3n) is 3.82. The Labute approximate surface area is 169 Å². The lowest BCUT2D eigenvalue weighted by atomic mass is 10.2. The fourth-order valence-electron chi connectivity index (χ4n) is 2.21. The summed E-state index contributed by atoms with van der Waals surface area (Å²) in [7, 11) is -1.26. The molecule has 0 radical (unpaired) electrons. The normalized spacial score (nSPS) is 11.0. The van der Waals surface area contributed by atoms with Crippen LogP contribution in [0.1, 0.15) is 10.4 Å². The fourth-order valence-corrected chi connectivity index (χ4v) is 3.18. The van der Waals surface area contributed by atoms with Crippen molar-refractivity contribution in [2.75, 3.05) is 31.3 Å². The van der Waals surface area contributed by atoms with Crippen LogP contribution in [0.3, 0.4) is 0 Å². The van der Waals surface area contributed by atoms with Crippen molar-refractivity contribution in [3.63, 3.8) is 0 Å². The Morgan fingerprint density at radius 1 is 1.03 bits per heavy atom. The van der Waals surface area contributed by atoms with Crippen molar-refractivity contribution in [3.8, 4) is 0 Å². The predicted molar refractivity (Wildman–Crippen MR) is 110 cm³/mol. The van der Waals surface area contributed by atoms with Crippen LogP contribution in [0, 0.1) is 0 Å². The zero-order valence-electron chi connectivity index (χ0n) is 16.0. The van der Waals surface area contributed by atoms with E-state index in [0.717, 1.165) is 4.47 Å². The molecule has 0 bridgehead atoms. The van der Waals surface area contributed by atoms with E-state index in [2.05, 4.69) is 22.5 Å². The van der Waals surface area contributed by atoms with E-state index in [1.165, 1.54) is 38.4 Å². The van der Waals surface area contributed by atoms with Gasteiger partial charge in [-0.25, -0.2) is 13.2 Å². The smallest absolute Gasteiger partial charge is 0.319 e. The Kier molecular flexibility index (Phi) is 7.48. The number of carbonyl (C=O) groups excluding carboxylic acids is 2. The van der Waals surface area contributed by atoms with Crippen LogP contribution in [0.25, 0.3) is 0 Å². The van der Waals surface area contributed by atoms with E-state index < -0.39 is 15.9 Å². The molecular weight excluding hydrogens is 396 g/mol. The van der Waals surface area contributed by atoms with E-state index >= 15 is 0 Å². The summed E-state index contributed by atoms with van der Waals surface area (Å²) in [5.41, 5.74) is 1.36. The van der Waals surface area contributed by atoms with Crippen molar-refractivity contribution >= 4 is 33.3 Å². The van der Waals surface area contributed by atoms with E-state index in [1.807, 2.05) is 0 Å². The van der Waals surface area contributed by atoms with Gasteiger partial charge in [0.2, 0.25) is 0 Å². The molecule has 2 aromatic rings. The first-order valence-corrected chi connectivity index (χ1v) is 9.92. The Morgan fingerprint density at radius 3 is 2.10 bits per heavy atom. The van der Waals surface area contributed by atoms with Gasteiger partial charge in [0.05, 0.1) is 12.0 Å². The van der Waals surface area contributed by atoms with Gasteiger partial charge >= 0.3 is 6.03 Å². The second-order valence-electron chi connectivity index (χ2n) is 5.78. The molecule has 0 spiro atoms. The standard InChI is InChI=1S/C19H22N4O5S/c1-4-13-20-19(25)22-16-9-7-15(8-10-16)21-18(24)14-5-11-17(12-6-14)29(26,27)23(2)28-3/h4-12H,1,13H2,2-3H3,(H,21,24)(H2,20,22,25). The maximum Gasteiger partial charge on any atom is 0.319 e. The zero-order chi connectivity index (χ0) is 21.4. The highest BCUT2D eigenvalue weighted by atomic mass is 32.2. The minimum atomic E-state index is -3.78. The van der Waals surface area contributed by atoms with E-state index in [0.29, 0.717) is 17.9 Å². The lowest BCUT2D eigenvalue weighted by molar-refractivity contribution is -0.0258. The summed E-state index contributed by atoms with van der Waals surface area (Å²) in [5.74, 6) is -0.404. The quantitative estimate of drug-likeness (QED) is 0.450. The number of rotatable bonds is 8. The molecule has 0 aliphatic heterocycles. The molecule has 9 nitrogen and oxygen atoms in total. The molecule has 0 aromatic heterocycles. The van der Waals surface area contributed by atoms with Crippen molar-refractivity contribution in [3.05, 3.63) is 66.7 Å². The molecule has 0 fully saturated rings. The molecule has 3 N–H and O–H groups in total. The molecule has 0 saturated carbocycles. The van der Waals surface area contributed by atoms with E-state index in [9.17, 15) is 18.0 Å². The van der Waals surface area contributed by atoms with Crippen LogP contribution in [0.5, 0.6) is 0 Å². The van der Waals surface area contributed by atoms with Crippen LogP contribution < -0.4 is 16.0 Å². The number of hydrogen-bond donors (Lipinski definition) is 3. The Hall–Kier alpha value is -3.21. The van der Waals surface area contributed by atoms with Gasteiger partial charge < -0.3 is 16.0 Å². The predicted octanol–water partition coefficient (Wildman–Crippen LogP) is 2.43. The number of nitrogens with zero attached hydrogens (tertiary/aromatic N) is 1. The topological polar surface area (TPSA) is 117 Å². The molecule has 29 heavy (non-hydrogen) atoms. The number of hydrogen-bond acceptors (Lipinski definition) is 5. The second kappa shape index (κ2) is 9.82. The lowest BCUT2D eigenvalue weighted by Crippen LogP contribution is -2.28. The van der Waals surface area contributed by atoms with Crippen LogP contribution in [-0.4, -0.2) is 45.5 Å². The highest BCUT2D eigenvalue weighted by molar-refractivity contribution is 7.89. The second-order valence-corrected chi connectivity index (χ2v) is 7.71. The van der Waals surface area contributed by atoms with Gasteiger partial charge in [-0.3, -0.25) is 9.63 Å². The molecule has 0 aliphatic rings. The van der Waals surface area contributed by atoms with E-state index in [1.54, 1.807) is 30.3 Å². The highest BCUT2D eigenvalue weighted by Crippen LogP contribution is 2.17. The van der Waals surface area contributed by atoms with Gasteiger partial charge in [0.25, 0.3) is 15.9 Å². The van der Waals surface area contributed by atoms with Gasteiger partial charge in [-0.2, -0.15) is 0 Å². The third-order valence-corrected chi connectivity index (χ3v) is 5.51. The van der Waals surface area contributed by atoms with E-state index in [-0.39, 0.29) is 16.5 Å². The summed E-state index contributed by atoms with van der Waals surface area (Å²) in [6.07, 6.45) is 1.57. The number of nitrogens with one attached hydrogen (secondary N) is 3. The minimum absolute atomic E-state index is 0.00329. The number of urea groups is 1. The number of amides is 3. The SMILES string of the molecule is C=CCNC(=O)Nc1ccc(NC(=O)c2ccc(S(=O)(=O)N(C)OC)cc2)cc1. The first kappa shape index (κ1) is 22.1. The van der Waals surface area contributed by atoms with E-state index in [4.69, 9.17) is 4.84 Å². The first-order valence-electron chi connectivity index (χ1n) is 8.48. The Balaban J connectivity index is 2.01. The van der Waals surface area contributed by atoms with Crippen molar-refractivity contribution in [2.45, 2.75) is 4.90 Å². The molecule has 0 atom stereocenters. The van der Waals surface area contributed by atoms with Crippen LogP contribution in [0.2, 0.25) is 0 Å². The van der Waals surface area contributed by atoms with Gasteiger partial charge in [0.1, 0.15) is 0 Å². The summed E-state index contributed by atoms with van der Waals surface area (Å²) >= 11 is 0. The summed E-state index contributed by atoms with van der Waals surface area (Å²) < 4.78 is 25.1. The van der Waals surface area contributed by atoms with Gasteiger partial charge in [-0.1, -0.05) is 10.5 Å². The lowest BCUT2D eigenvalue weighted by Gasteiger charge is -2.14. The number of benzene rings is 2. The summed E-state index contributed by atoms with van der Waals surface area (Å²) in [5, 5.41) is 7.92. The average molecular weight is 418 g/mol. The maximum atomic E-state index is 12.4. The molecule has 0 heterocycles. The maximum absolute atomic E-state index is 12.4. The molecule has 2 aromatic carbocycles. The number of hydroxylamine groups is 1. The molecule has 0 saturated heterocycles. The van der Waals surface area contributed by atoms with Gasteiger partial charge in [-0.05, 0) is 48.5 Å². The molecular formula is C19H22N4O5S. The van der Waals surface area contributed by atoms with Gasteiger partial charge in [-0.15, -0.1) is 6.58 Å². The van der Waals surface area contributed by atoms with Crippen LogP contribution in [-0.2, 0) is 14.9 Å². The van der Waals surface area contributed by atoms with Crippen molar-refractivity contribution in [2.24, 2.45) is 0 Å². The van der Waals surface area contributed by atoms with Crippen LogP contribution in [0.15, 0.2) is 66.1 Å². The summed E-state index contributed by atoms with van der Waals surface area (Å²) in [4.78, 5) is 28.7. The fraction of sp³-hybridized carbons (Fsp3) is 0.158. The first-order chi connectivity index (χ1) is 13.8. The largest absolute Gasteiger partial charge is 0.334 e. The highest BCUT2D eigenvalue weighted by Gasteiger charge is 2.21. The Morgan fingerprint density at radius 2 is 1.59 bits per heavy atom. The average Bonchev–Trinajstić information content (AvgIpc) is 2.73. The van der Waals surface area contributed by atoms with Gasteiger partial charge in [0.15, 0.2) is 0 Å². The van der Waals surface area contributed by atoms with Crippen LogP contribution >= 0.6 is 0 Å². The third kappa shape index (κ3) is 5.88. The molecule has 3 amide bonds. The number of anilines is 2. The zero-order valence-corrected chi connectivity index (χ0v) is 16.8. The summed E-state index contributed by atoms with van der Waals surface area (Å²) in [6.45, 7) is 3.86. The molecule has 2 rings (SSSR count). The number of sulfonamides is 1. The molecule has 154 valence electrons. The Bertz CT molecular complexity index is 973. The van der Waals surface area contributed by atoms with Crippen molar-refractivity contribution in [1.29, 1.82) is 0 Å². The molecule has 0 unspecified atom stereocenters. The minimum Gasteiger partial charge on any atom is -0.334 e. The monoisotopic (exact) mass is 418 g/mol. The van der Waals surface area contributed by atoms with Crippen LogP contribution in [0.4, 0.5) is 16.2 Å². The van der Waals surface area contributed by atoms with Crippen molar-refractivity contribution < 1.29 is 22.8 Å². The van der Waals surface area contributed by atoms with Crippen molar-refractivity contribution in [1.82, 2.24) is 9.79 Å². The summed E-state index contributed by atoms with van der Waals surface area (Å²) in [6, 6.07) is 11.6. The molecule has 10 heteroatoms. The number of carbonyl (C=O) groups is 2. The molecule has 0 aliphatic carbocycles. The van der Waals surface area contributed by atoms with Gasteiger partial charge in [0, 0.05) is 30.5 Å².